The summed E-state index contributed by atoms with van der Waals surface area (Å²) in [6, 6.07) is 0. The van der Waals surface area contributed by atoms with Gasteiger partial charge in [0, 0.05) is 7.11 Å². The van der Waals surface area contributed by atoms with Gasteiger partial charge in [0.15, 0.2) is 6.54 Å². The summed E-state index contributed by atoms with van der Waals surface area (Å²) in [5.41, 5.74) is 0. The Morgan fingerprint density at radius 2 is 1.78 bits per heavy atom. The molecule has 1 aromatic heterocycles. The molecule has 0 amide bonds. The van der Waals surface area contributed by atoms with E-state index in [1.165, 1.54) is 19.3 Å². The van der Waals surface area contributed by atoms with Gasteiger partial charge in [-0.25, -0.2) is 22.3 Å². The van der Waals surface area contributed by atoms with Gasteiger partial charge in [-0.05, 0) is 6.42 Å². The molecule has 0 aliphatic heterocycles. The average Bonchev–Trinajstić information content (AvgIpc) is 2.99. The van der Waals surface area contributed by atoms with Gasteiger partial charge >= 0.3 is 5.97 Å². The summed E-state index contributed by atoms with van der Waals surface area (Å²) in [5.74, 6) is -0.252. The van der Waals surface area contributed by atoms with Gasteiger partial charge < -0.3 is 14.0 Å². The van der Waals surface area contributed by atoms with Crippen molar-refractivity contribution in [2.75, 3.05) is 26.9 Å². The van der Waals surface area contributed by atoms with Crippen molar-refractivity contribution < 1.29 is 36.0 Å². The highest BCUT2D eigenvalue weighted by Crippen LogP contribution is 2.05. The van der Waals surface area contributed by atoms with Crippen molar-refractivity contribution in [3.05, 3.63) is 18.7 Å². The molecule has 0 aliphatic rings. The van der Waals surface area contributed by atoms with Crippen LogP contribution in [-0.4, -0.2) is 50.4 Å². The number of nitrogens with zero attached hydrogens (tertiary/aromatic N) is 2. The van der Waals surface area contributed by atoms with E-state index in [1.54, 1.807) is 11.7 Å². The van der Waals surface area contributed by atoms with Gasteiger partial charge in [-0.1, -0.05) is 39.0 Å². The van der Waals surface area contributed by atoms with Crippen LogP contribution in [0.15, 0.2) is 18.7 Å². The monoisotopic (exact) mass is 408 g/mol. The number of carbonyl (C=O) groups excluding carboxylic acids is 1. The highest BCUT2D eigenvalue weighted by Gasteiger charge is 2.08. The fourth-order valence-corrected chi connectivity index (χ4v) is 2.39. The van der Waals surface area contributed by atoms with E-state index in [9.17, 15) is 17.8 Å². The summed E-state index contributed by atoms with van der Waals surface area (Å²) in [7, 11) is -1.01. The number of rotatable bonds is 13. The molecule has 0 aromatic carbocycles. The zero-order valence-corrected chi connectivity index (χ0v) is 17.3. The Morgan fingerprint density at radius 3 is 2.33 bits per heavy atom. The van der Waals surface area contributed by atoms with Crippen LogP contribution in [0.3, 0.4) is 0 Å². The maximum atomic E-state index is 11.2. The molecule has 0 fully saturated rings. The van der Waals surface area contributed by atoms with Crippen LogP contribution < -0.4 is 4.57 Å². The summed E-state index contributed by atoms with van der Waals surface area (Å²) in [6.45, 7) is 3.14. The Kier molecular flexibility index (Phi) is 14.7. The van der Waals surface area contributed by atoms with E-state index in [0.29, 0.717) is 19.6 Å². The van der Waals surface area contributed by atoms with Gasteiger partial charge in [-0.15, -0.1) is 0 Å². The number of ether oxygens (including phenoxy) is 2. The van der Waals surface area contributed by atoms with Crippen LogP contribution in [0.4, 0.5) is 0 Å². The van der Waals surface area contributed by atoms with Crippen LogP contribution in [-0.2, 0) is 42.4 Å². The van der Waals surface area contributed by atoms with Crippen molar-refractivity contribution in [1.82, 2.24) is 4.57 Å². The number of aromatic nitrogens is 2. The third-order valence-corrected chi connectivity index (χ3v) is 3.87. The summed E-state index contributed by atoms with van der Waals surface area (Å²) in [4.78, 5) is 11.2. The van der Waals surface area contributed by atoms with Crippen molar-refractivity contribution in [3.63, 3.8) is 0 Å². The van der Waals surface area contributed by atoms with Crippen LogP contribution in [0, 0.1) is 0 Å². The summed E-state index contributed by atoms with van der Waals surface area (Å²) < 4.78 is 47.3. The van der Waals surface area contributed by atoms with Gasteiger partial charge in [0.05, 0.1) is 20.3 Å². The molecule has 0 bridgehead atoms. The quantitative estimate of drug-likeness (QED) is 0.159. The van der Waals surface area contributed by atoms with E-state index in [1.807, 2.05) is 30.3 Å². The third kappa shape index (κ3) is 17.7. The molecular weight excluding hydrogens is 376 g/mol. The highest BCUT2D eigenvalue weighted by molar-refractivity contribution is 7.80. The lowest BCUT2D eigenvalue weighted by Crippen LogP contribution is -2.24. The molecule has 10 heteroatoms. The van der Waals surface area contributed by atoms with Crippen LogP contribution in [0.1, 0.15) is 45.4 Å². The maximum Gasteiger partial charge on any atom is 0.348 e. The molecule has 0 spiro atoms. The molecule has 158 valence electrons. The SMILES string of the molecule is CCCCCCCCOS(=O)(=O)[O-].COCCOC(=O)Cn1cc[n+](C)c1. The lowest BCUT2D eigenvalue weighted by molar-refractivity contribution is -0.671. The molecule has 9 nitrogen and oxygen atoms in total. The van der Waals surface area contributed by atoms with Crippen molar-refractivity contribution in [2.24, 2.45) is 7.05 Å². The Bertz CT molecular complexity index is 602. The van der Waals surface area contributed by atoms with Crippen LogP contribution in [0.25, 0.3) is 0 Å². The fourth-order valence-electron chi connectivity index (χ4n) is 2.07. The fraction of sp³-hybridized carbons (Fsp3) is 0.765. The van der Waals surface area contributed by atoms with E-state index >= 15 is 0 Å². The molecule has 0 N–H and O–H groups in total. The van der Waals surface area contributed by atoms with Crippen molar-refractivity contribution in [2.45, 2.75) is 52.0 Å². The lowest BCUT2D eigenvalue weighted by atomic mass is 10.1. The minimum Gasteiger partial charge on any atom is -0.726 e. The van der Waals surface area contributed by atoms with E-state index in [-0.39, 0.29) is 19.1 Å². The number of esters is 1. The molecule has 27 heavy (non-hydrogen) atoms. The first kappa shape index (κ1) is 25.5. The molecule has 0 saturated heterocycles. The molecular formula is C17H32N2O7S. The van der Waals surface area contributed by atoms with Gasteiger partial charge in [0.25, 0.3) is 0 Å². The van der Waals surface area contributed by atoms with Gasteiger partial charge in [-0.3, -0.25) is 4.18 Å². The Balaban J connectivity index is 0.000000503. The minimum atomic E-state index is -4.47. The summed E-state index contributed by atoms with van der Waals surface area (Å²) in [6.07, 6.45) is 11.7. The average molecular weight is 409 g/mol. The number of methoxy groups -OCH3 is 1. The number of unbranched alkanes of at least 4 members (excludes halogenated alkanes) is 5. The van der Waals surface area contributed by atoms with Crippen LogP contribution >= 0.6 is 0 Å². The predicted molar refractivity (Wildman–Crippen MR) is 97.5 cm³/mol. The molecule has 0 radical (unpaired) electrons. The minimum absolute atomic E-state index is 0.0258. The van der Waals surface area contributed by atoms with Crippen molar-refractivity contribution in [3.8, 4) is 0 Å². The number of carbonyl (C=O) groups is 1. The molecule has 0 aliphatic carbocycles. The summed E-state index contributed by atoms with van der Waals surface area (Å²) >= 11 is 0. The second-order valence-electron chi connectivity index (χ2n) is 5.96. The van der Waals surface area contributed by atoms with Crippen molar-refractivity contribution in [1.29, 1.82) is 0 Å². The van der Waals surface area contributed by atoms with Gasteiger partial charge in [-0.2, -0.15) is 0 Å². The molecule has 1 heterocycles. The second kappa shape index (κ2) is 15.6. The van der Waals surface area contributed by atoms with Crippen LogP contribution in [0.2, 0.25) is 0 Å². The Hall–Kier alpha value is -1.49. The maximum absolute atomic E-state index is 11.2. The largest absolute Gasteiger partial charge is 0.726 e. The molecule has 1 aromatic rings. The first-order valence-electron chi connectivity index (χ1n) is 9.04. The Labute approximate surface area is 162 Å². The van der Waals surface area contributed by atoms with E-state index in [2.05, 4.69) is 11.1 Å². The zero-order valence-electron chi connectivity index (χ0n) is 16.5. The zero-order chi connectivity index (χ0) is 20.5. The number of hydrogen-bond acceptors (Lipinski definition) is 7. The normalized spacial score (nSPS) is 11.0. The predicted octanol–water partition coefficient (Wildman–Crippen LogP) is 1.33. The van der Waals surface area contributed by atoms with E-state index < -0.39 is 10.4 Å². The van der Waals surface area contributed by atoms with Crippen LogP contribution in [0.5, 0.6) is 0 Å². The number of aryl methyl sites for hydroxylation is 1. The summed E-state index contributed by atoms with van der Waals surface area (Å²) in [5, 5.41) is 0. The topological polar surface area (TPSA) is 111 Å². The smallest absolute Gasteiger partial charge is 0.348 e. The number of hydrogen-bond donors (Lipinski definition) is 0. The standard InChI is InChI=1S/C9H15N2O3.C8H18O4S/c1-10-3-4-11(8-10)7-9(12)14-6-5-13-2;1-2-3-4-5-6-7-8-12-13(9,10)11/h3-4,8H,5-7H2,1-2H3;2-8H2,1H3,(H,9,10,11)/q+1;/p-1. The van der Waals surface area contributed by atoms with Gasteiger partial charge in [0.2, 0.25) is 16.7 Å². The van der Waals surface area contributed by atoms with Gasteiger partial charge in [0.1, 0.15) is 19.0 Å². The Morgan fingerprint density at radius 1 is 1.11 bits per heavy atom. The second-order valence-corrected chi connectivity index (χ2v) is 7.01. The lowest BCUT2D eigenvalue weighted by Gasteiger charge is -2.06. The van der Waals surface area contributed by atoms with E-state index in [4.69, 9.17) is 9.47 Å². The number of imidazole rings is 1. The molecule has 0 atom stereocenters. The molecule has 0 unspecified atom stereocenters. The first-order chi connectivity index (χ1) is 12.8. The third-order valence-electron chi connectivity index (χ3n) is 3.41. The molecule has 1 rings (SSSR count). The van der Waals surface area contributed by atoms with Crippen molar-refractivity contribution >= 4 is 16.4 Å². The highest BCUT2D eigenvalue weighted by atomic mass is 32.3. The molecule has 0 saturated carbocycles. The van der Waals surface area contributed by atoms with E-state index in [0.717, 1.165) is 12.8 Å². The first-order valence-corrected chi connectivity index (χ1v) is 10.4.